The van der Waals surface area contributed by atoms with Crippen LogP contribution >= 0.6 is 22.6 Å². The van der Waals surface area contributed by atoms with Crippen LogP contribution in [0.25, 0.3) is 0 Å². The summed E-state index contributed by atoms with van der Waals surface area (Å²) < 4.78 is 32.2. The minimum atomic E-state index is -3.59. The number of aliphatic hydroxyl groups excluding tert-OH is 1. The fourth-order valence-electron chi connectivity index (χ4n) is 1.22. The second-order valence-corrected chi connectivity index (χ2v) is 6.25. The highest BCUT2D eigenvalue weighted by molar-refractivity contribution is 14.1. The minimum absolute atomic E-state index is 0.0496. The van der Waals surface area contributed by atoms with E-state index in [0.717, 1.165) is 3.57 Å². The molecule has 7 heteroatoms. The van der Waals surface area contributed by atoms with E-state index in [9.17, 15) is 8.42 Å². The van der Waals surface area contributed by atoms with Crippen LogP contribution in [0.4, 0.5) is 0 Å². The summed E-state index contributed by atoms with van der Waals surface area (Å²) in [6.07, 6.45) is 0.380. The van der Waals surface area contributed by atoms with Crippen molar-refractivity contribution in [1.29, 1.82) is 0 Å². The van der Waals surface area contributed by atoms with E-state index in [2.05, 4.69) is 4.72 Å². The molecule has 2 N–H and O–H groups in total. The Labute approximate surface area is 114 Å². The normalized spacial score (nSPS) is 11.5. The number of benzene rings is 1. The Bertz CT molecular complexity index is 475. The van der Waals surface area contributed by atoms with Gasteiger partial charge >= 0.3 is 0 Å². The van der Waals surface area contributed by atoms with Gasteiger partial charge in [0.1, 0.15) is 10.6 Å². The zero-order valence-corrected chi connectivity index (χ0v) is 12.3. The third-order valence-corrected chi connectivity index (χ3v) is 4.20. The van der Waals surface area contributed by atoms with Crippen LogP contribution < -0.4 is 9.46 Å². The molecular formula is C10H14INO4S. The van der Waals surface area contributed by atoms with Crippen LogP contribution in [-0.4, -0.2) is 33.8 Å². The van der Waals surface area contributed by atoms with E-state index in [-0.39, 0.29) is 18.0 Å². The lowest BCUT2D eigenvalue weighted by atomic mass is 10.3. The smallest absolute Gasteiger partial charge is 0.244 e. The first-order valence-corrected chi connectivity index (χ1v) is 7.51. The van der Waals surface area contributed by atoms with Gasteiger partial charge in [0.25, 0.3) is 0 Å². The first kappa shape index (κ1) is 14.7. The molecule has 0 spiro atoms. The van der Waals surface area contributed by atoms with Gasteiger partial charge in [0.15, 0.2) is 0 Å². The molecule has 0 bridgehead atoms. The molecule has 0 heterocycles. The van der Waals surface area contributed by atoms with Gasteiger partial charge in [0.2, 0.25) is 10.0 Å². The molecule has 0 aliphatic rings. The van der Waals surface area contributed by atoms with Crippen molar-refractivity contribution in [3.8, 4) is 5.75 Å². The number of aliphatic hydroxyl groups is 1. The largest absolute Gasteiger partial charge is 0.495 e. The lowest BCUT2D eigenvalue weighted by Crippen LogP contribution is -2.25. The Kier molecular flexibility index (Phi) is 5.63. The zero-order chi connectivity index (χ0) is 12.9. The van der Waals surface area contributed by atoms with Crippen LogP contribution in [0.2, 0.25) is 0 Å². The summed E-state index contributed by atoms with van der Waals surface area (Å²) in [7, 11) is -2.16. The SMILES string of the molecule is COc1ccc(I)cc1S(=O)(=O)NCCCO. The Hall–Kier alpha value is -0.380. The van der Waals surface area contributed by atoms with Crippen LogP contribution in [-0.2, 0) is 10.0 Å². The highest BCUT2D eigenvalue weighted by atomic mass is 127. The van der Waals surface area contributed by atoms with E-state index in [4.69, 9.17) is 9.84 Å². The predicted octanol–water partition coefficient (Wildman–Crippen LogP) is 0.961. The molecule has 96 valence electrons. The van der Waals surface area contributed by atoms with E-state index < -0.39 is 10.0 Å². The van der Waals surface area contributed by atoms with E-state index in [1.54, 1.807) is 18.2 Å². The summed E-state index contributed by atoms with van der Waals surface area (Å²) in [5.41, 5.74) is 0. The summed E-state index contributed by atoms with van der Waals surface area (Å²) >= 11 is 2.04. The van der Waals surface area contributed by atoms with E-state index in [0.29, 0.717) is 12.2 Å². The van der Waals surface area contributed by atoms with Crippen molar-refractivity contribution in [2.24, 2.45) is 0 Å². The molecule has 5 nitrogen and oxygen atoms in total. The quantitative estimate of drug-likeness (QED) is 0.577. The molecule has 1 rings (SSSR count). The summed E-state index contributed by atoms with van der Waals surface area (Å²) in [5, 5.41) is 8.62. The van der Waals surface area contributed by atoms with Gasteiger partial charge in [-0.3, -0.25) is 0 Å². The van der Waals surface area contributed by atoms with E-state index in [1.165, 1.54) is 7.11 Å². The Morgan fingerprint density at radius 3 is 2.76 bits per heavy atom. The second kappa shape index (κ2) is 6.53. The van der Waals surface area contributed by atoms with Gasteiger partial charge in [0.05, 0.1) is 7.11 Å². The van der Waals surface area contributed by atoms with Crippen molar-refractivity contribution in [3.63, 3.8) is 0 Å². The van der Waals surface area contributed by atoms with Crippen LogP contribution in [0, 0.1) is 3.57 Å². The summed E-state index contributed by atoms with van der Waals surface area (Å²) in [4.78, 5) is 0.116. The number of sulfonamides is 1. The average Bonchev–Trinajstić information content (AvgIpc) is 2.29. The van der Waals surface area contributed by atoms with Crippen molar-refractivity contribution in [2.45, 2.75) is 11.3 Å². The van der Waals surface area contributed by atoms with E-state index in [1.807, 2.05) is 22.6 Å². The molecule has 1 aromatic carbocycles. The summed E-state index contributed by atoms with van der Waals surface area (Å²) in [6.45, 7) is 0.152. The van der Waals surface area contributed by atoms with Gasteiger partial charge in [0, 0.05) is 16.7 Å². The minimum Gasteiger partial charge on any atom is -0.495 e. The maximum Gasteiger partial charge on any atom is 0.244 e. The second-order valence-electron chi connectivity index (χ2n) is 3.27. The molecule has 0 saturated heterocycles. The standard InChI is InChI=1S/C10H14INO4S/c1-16-9-4-3-8(11)7-10(9)17(14,15)12-5-2-6-13/h3-4,7,12-13H,2,5-6H2,1H3. The number of hydrogen-bond donors (Lipinski definition) is 2. The lowest BCUT2D eigenvalue weighted by molar-refractivity contribution is 0.289. The fraction of sp³-hybridized carbons (Fsp3) is 0.400. The van der Waals surface area contributed by atoms with Crippen molar-refractivity contribution in [1.82, 2.24) is 4.72 Å². The monoisotopic (exact) mass is 371 g/mol. The molecule has 0 radical (unpaired) electrons. The Morgan fingerprint density at radius 2 is 2.18 bits per heavy atom. The van der Waals surface area contributed by atoms with Gasteiger partial charge in [-0.1, -0.05) is 0 Å². The van der Waals surface area contributed by atoms with Gasteiger partial charge < -0.3 is 9.84 Å². The highest BCUT2D eigenvalue weighted by Gasteiger charge is 2.19. The highest BCUT2D eigenvalue weighted by Crippen LogP contribution is 2.25. The number of hydrogen-bond acceptors (Lipinski definition) is 4. The van der Waals surface area contributed by atoms with Gasteiger partial charge in [-0.25, -0.2) is 13.1 Å². The summed E-state index contributed by atoms with van der Waals surface area (Å²) in [5.74, 6) is 0.307. The van der Waals surface area contributed by atoms with Gasteiger partial charge in [-0.2, -0.15) is 0 Å². The number of rotatable bonds is 6. The first-order chi connectivity index (χ1) is 8.01. The van der Waals surface area contributed by atoms with Crippen LogP contribution in [0.1, 0.15) is 6.42 Å². The number of halogens is 1. The Morgan fingerprint density at radius 1 is 1.47 bits per heavy atom. The Balaban J connectivity index is 3.00. The lowest BCUT2D eigenvalue weighted by Gasteiger charge is -2.10. The van der Waals surface area contributed by atoms with E-state index >= 15 is 0 Å². The number of ether oxygens (including phenoxy) is 1. The fourth-order valence-corrected chi connectivity index (χ4v) is 3.19. The molecule has 0 atom stereocenters. The molecule has 0 saturated carbocycles. The molecule has 0 amide bonds. The van der Waals surface area contributed by atoms with Crippen molar-refractivity contribution in [3.05, 3.63) is 21.8 Å². The molecule has 0 unspecified atom stereocenters. The molecule has 0 fully saturated rings. The molecule has 1 aromatic rings. The maximum atomic E-state index is 12.0. The van der Waals surface area contributed by atoms with Crippen LogP contribution in [0.15, 0.2) is 23.1 Å². The van der Waals surface area contributed by atoms with Crippen molar-refractivity contribution < 1.29 is 18.3 Å². The number of nitrogens with one attached hydrogen (secondary N) is 1. The first-order valence-electron chi connectivity index (χ1n) is 4.95. The van der Waals surface area contributed by atoms with Gasteiger partial charge in [-0.15, -0.1) is 0 Å². The molecule has 17 heavy (non-hydrogen) atoms. The zero-order valence-electron chi connectivity index (χ0n) is 9.31. The predicted molar refractivity (Wildman–Crippen MR) is 72.6 cm³/mol. The third-order valence-electron chi connectivity index (χ3n) is 2.04. The van der Waals surface area contributed by atoms with Crippen molar-refractivity contribution >= 4 is 32.6 Å². The van der Waals surface area contributed by atoms with Gasteiger partial charge in [-0.05, 0) is 47.2 Å². The van der Waals surface area contributed by atoms with Crippen LogP contribution in [0.3, 0.4) is 0 Å². The summed E-state index contributed by atoms with van der Waals surface area (Å²) in [6, 6.07) is 4.93. The average molecular weight is 371 g/mol. The molecule has 0 aromatic heterocycles. The molecule has 0 aliphatic heterocycles. The van der Waals surface area contributed by atoms with Crippen molar-refractivity contribution in [2.75, 3.05) is 20.3 Å². The third kappa shape index (κ3) is 4.09. The maximum absolute atomic E-state index is 12.0. The van der Waals surface area contributed by atoms with Crippen LogP contribution in [0.5, 0.6) is 5.75 Å². The topological polar surface area (TPSA) is 75.6 Å². The molecular weight excluding hydrogens is 357 g/mol. The molecule has 0 aliphatic carbocycles. The number of methoxy groups -OCH3 is 1.